The largest absolute Gasteiger partial charge is 0.385 e. The summed E-state index contributed by atoms with van der Waals surface area (Å²) in [4.78, 5) is 0. The van der Waals surface area contributed by atoms with Gasteiger partial charge in [0.05, 0.1) is 17.1 Å². The first-order valence-electron chi connectivity index (χ1n) is 6.47. The molecule has 1 N–H and O–H groups in total. The summed E-state index contributed by atoms with van der Waals surface area (Å²) < 4.78 is 31.3. The molecule has 0 bridgehead atoms. The number of nitrogens with one attached hydrogen (secondary N) is 1. The highest BCUT2D eigenvalue weighted by atomic mass is 32.2. The zero-order valence-electron chi connectivity index (χ0n) is 11.1. The van der Waals surface area contributed by atoms with Crippen LogP contribution < -0.4 is 9.62 Å². The van der Waals surface area contributed by atoms with Crippen LogP contribution in [-0.2, 0) is 14.8 Å². The normalized spacial score (nSPS) is 15.5. The third-order valence-corrected chi connectivity index (χ3v) is 4.97. The number of hydrogen-bond donors (Lipinski definition) is 1. The van der Waals surface area contributed by atoms with Crippen LogP contribution in [0.15, 0.2) is 24.3 Å². The van der Waals surface area contributed by atoms with Crippen molar-refractivity contribution in [2.24, 2.45) is 0 Å². The summed E-state index contributed by atoms with van der Waals surface area (Å²) in [6.45, 7) is 1.79. The van der Waals surface area contributed by atoms with Crippen LogP contribution in [0.25, 0.3) is 0 Å². The molecule has 1 aliphatic heterocycles. The molecular weight excluding hydrogens is 264 g/mol. The zero-order valence-corrected chi connectivity index (χ0v) is 11.9. The van der Waals surface area contributed by atoms with E-state index in [4.69, 9.17) is 4.74 Å². The average Bonchev–Trinajstić information content (AvgIpc) is 2.61. The molecule has 0 fully saturated rings. The van der Waals surface area contributed by atoms with E-state index < -0.39 is 10.0 Å². The smallest absolute Gasteiger partial charge is 0.235 e. The Bertz CT molecular complexity index is 516. The second-order valence-electron chi connectivity index (χ2n) is 4.53. The molecule has 1 aliphatic rings. The number of nitrogens with zero attached hydrogens (tertiary/aromatic N) is 1. The predicted molar refractivity (Wildman–Crippen MR) is 77.2 cm³/mol. The van der Waals surface area contributed by atoms with Gasteiger partial charge in [0.15, 0.2) is 0 Å². The van der Waals surface area contributed by atoms with Gasteiger partial charge in [-0.25, -0.2) is 8.42 Å². The number of ether oxygens (including phenoxy) is 1. The van der Waals surface area contributed by atoms with Crippen molar-refractivity contribution in [3.8, 4) is 0 Å². The monoisotopic (exact) mass is 284 g/mol. The van der Waals surface area contributed by atoms with Crippen molar-refractivity contribution in [1.82, 2.24) is 0 Å². The van der Waals surface area contributed by atoms with Crippen LogP contribution in [0.3, 0.4) is 0 Å². The van der Waals surface area contributed by atoms with Crippen LogP contribution in [-0.4, -0.2) is 41.0 Å². The van der Waals surface area contributed by atoms with E-state index in [0.29, 0.717) is 19.6 Å². The van der Waals surface area contributed by atoms with Crippen molar-refractivity contribution in [1.29, 1.82) is 0 Å². The molecule has 5 nitrogen and oxygen atoms in total. The summed E-state index contributed by atoms with van der Waals surface area (Å²) >= 11 is 0. The maximum absolute atomic E-state index is 12.4. The van der Waals surface area contributed by atoms with E-state index in [9.17, 15) is 8.42 Å². The number of methoxy groups -OCH3 is 1. The molecule has 1 aromatic rings. The van der Waals surface area contributed by atoms with Crippen LogP contribution in [0.2, 0.25) is 0 Å². The number of fused-ring (bicyclic) bond motifs is 1. The summed E-state index contributed by atoms with van der Waals surface area (Å²) in [7, 11) is -1.70. The van der Waals surface area contributed by atoms with Crippen molar-refractivity contribution in [2.75, 3.05) is 42.2 Å². The van der Waals surface area contributed by atoms with E-state index in [1.807, 2.05) is 24.3 Å². The molecular formula is C13H20N2O3S. The topological polar surface area (TPSA) is 58.6 Å². The lowest BCUT2D eigenvalue weighted by atomic mass is 10.2. The average molecular weight is 284 g/mol. The molecule has 2 rings (SSSR count). The van der Waals surface area contributed by atoms with Crippen molar-refractivity contribution in [3.63, 3.8) is 0 Å². The summed E-state index contributed by atoms with van der Waals surface area (Å²) in [6.07, 6.45) is 1.32. The summed E-state index contributed by atoms with van der Waals surface area (Å²) in [5, 5.41) is 3.26. The van der Waals surface area contributed by atoms with Gasteiger partial charge in [-0.1, -0.05) is 12.1 Å². The molecule has 106 valence electrons. The van der Waals surface area contributed by atoms with Gasteiger partial charge in [0.1, 0.15) is 0 Å². The predicted octanol–water partition coefficient (Wildman–Crippen LogP) is 1.67. The Labute approximate surface area is 114 Å². The van der Waals surface area contributed by atoms with Crippen LogP contribution in [0.4, 0.5) is 11.4 Å². The van der Waals surface area contributed by atoms with Gasteiger partial charge in [-0.2, -0.15) is 0 Å². The van der Waals surface area contributed by atoms with E-state index >= 15 is 0 Å². The Morgan fingerprint density at radius 2 is 2.16 bits per heavy atom. The summed E-state index contributed by atoms with van der Waals surface area (Å²) in [5.41, 5.74) is 1.63. The highest BCUT2D eigenvalue weighted by Gasteiger charge is 2.25. The van der Waals surface area contributed by atoms with Crippen LogP contribution in [0.5, 0.6) is 0 Å². The number of rotatable bonds is 5. The van der Waals surface area contributed by atoms with Gasteiger partial charge < -0.3 is 10.1 Å². The highest BCUT2D eigenvalue weighted by molar-refractivity contribution is 7.92. The molecule has 0 aliphatic carbocycles. The standard InChI is InChI=1S/C13H20N2O3S/c1-18-10-5-11-19(16,17)15-9-4-8-14-12-6-2-3-7-13(12)15/h2-3,6-7,14H,4-5,8-11H2,1H3. The Hall–Kier alpha value is -1.27. The third kappa shape index (κ3) is 3.39. The minimum Gasteiger partial charge on any atom is -0.385 e. The molecule has 0 saturated carbocycles. The molecule has 0 atom stereocenters. The van der Waals surface area contributed by atoms with Gasteiger partial charge in [0.2, 0.25) is 10.0 Å². The van der Waals surface area contributed by atoms with Gasteiger partial charge in [0.25, 0.3) is 0 Å². The number of para-hydroxylation sites is 2. The van der Waals surface area contributed by atoms with Gasteiger partial charge >= 0.3 is 0 Å². The minimum absolute atomic E-state index is 0.120. The lowest BCUT2D eigenvalue weighted by Gasteiger charge is -2.24. The Morgan fingerprint density at radius 1 is 1.37 bits per heavy atom. The van der Waals surface area contributed by atoms with E-state index in [-0.39, 0.29) is 5.75 Å². The Kier molecular flexibility index (Phi) is 4.66. The fourth-order valence-electron chi connectivity index (χ4n) is 2.19. The van der Waals surface area contributed by atoms with E-state index in [2.05, 4.69) is 5.32 Å². The van der Waals surface area contributed by atoms with Gasteiger partial charge in [-0.3, -0.25) is 4.31 Å². The zero-order chi connectivity index (χ0) is 13.7. The fourth-order valence-corrected chi connectivity index (χ4v) is 3.76. The first-order valence-corrected chi connectivity index (χ1v) is 8.08. The number of sulfonamides is 1. The molecule has 0 saturated heterocycles. The molecule has 0 amide bonds. The first-order chi connectivity index (χ1) is 9.15. The number of benzene rings is 1. The van der Waals surface area contributed by atoms with E-state index in [1.165, 1.54) is 4.31 Å². The number of anilines is 2. The third-order valence-electron chi connectivity index (χ3n) is 3.11. The molecule has 19 heavy (non-hydrogen) atoms. The Morgan fingerprint density at radius 3 is 2.95 bits per heavy atom. The number of hydrogen-bond acceptors (Lipinski definition) is 4. The van der Waals surface area contributed by atoms with Crippen LogP contribution in [0, 0.1) is 0 Å². The maximum Gasteiger partial charge on any atom is 0.235 e. The van der Waals surface area contributed by atoms with Crippen molar-refractivity contribution >= 4 is 21.4 Å². The molecule has 6 heteroatoms. The van der Waals surface area contributed by atoms with E-state index in [1.54, 1.807) is 7.11 Å². The van der Waals surface area contributed by atoms with E-state index in [0.717, 1.165) is 24.3 Å². The second kappa shape index (κ2) is 6.25. The lowest BCUT2D eigenvalue weighted by Crippen LogP contribution is -2.34. The van der Waals surface area contributed by atoms with Gasteiger partial charge in [0, 0.05) is 26.8 Å². The molecule has 1 aromatic carbocycles. The van der Waals surface area contributed by atoms with Crippen molar-refractivity contribution in [2.45, 2.75) is 12.8 Å². The maximum atomic E-state index is 12.4. The summed E-state index contributed by atoms with van der Waals surface area (Å²) in [6, 6.07) is 7.54. The van der Waals surface area contributed by atoms with Crippen molar-refractivity contribution < 1.29 is 13.2 Å². The molecule has 1 heterocycles. The Balaban J connectivity index is 2.23. The quantitative estimate of drug-likeness (QED) is 0.836. The molecule has 0 unspecified atom stereocenters. The minimum atomic E-state index is -3.28. The van der Waals surface area contributed by atoms with Crippen LogP contribution in [0.1, 0.15) is 12.8 Å². The molecule has 0 spiro atoms. The van der Waals surface area contributed by atoms with Gasteiger partial charge in [-0.15, -0.1) is 0 Å². The van der Waals surface area contributed by atoms with Crippen LogP contribution >= 0.6 is 0 Å². The summed E-state index contributed by atoms with van der Waals surface area (Å²) in [5.74, 6) is 0.120. The fraction of sp³-hybridized carbons (Fsp3) is 0.538. The second-order valence-corrected chi connectivity index (χ2v) is 6.54. The van der Waals surface area contributed by atoms with Gasteiger partial charge in [-0.05, 0) is 25.0 Å². The lowest BCUT2D eigenvalue weighted by molar-refractivity contribution is 0.199. The highest BCUT2D eigenvalue weighted by Crippen LogP contribution is 2.30. The SMILES string of the molecule is COCCCS(=O)(=O)N1CCCNc2ccccc21. The first kappa shape index (κ1) is 14.1. The molecule has 0 aromatic heterocycles. The van der Waals surface area contributed by atoms with Crippen molar-refractivity contribution in [3.05, 3.63) is 24.3 Å². The molecule has 0 radical (unpaired) electrons.